The summed E-state index contributed by atoms with van der Waals surface area (Å²) in [6.07, 6.45) is 2.74. The Hall–Kier alpha value is -0.380. The van der Waals surface area contributed by atoms with Gasteiger partial charge < -0.3 is 5.32 Å². The zero-order valence-electron chi connectivity index (χ0n) is 9.41. The summed E-state index contributed by atoms with van der Waals surface area (Å²) in [5.74, 6) is 0. The Morgan fingerprint density at radius 3 is 3.27 bits per heavy atom. The smallest absolute Gasteiger partial charge is 0.0300 e. The number of likely N-dealkylation sites (N-methyl/N-ethyl adjacent to an activating group) is 1. The minimum atomic E-state index is 0.773. The lowest BCUT2D eigenvalue weighted by molar-refractivity contribution is 0.260. The predicted molar refractivity (Wildman–Crippen MR) is 66.3 cm³/mol. The molecule has 1 N–H and O–H groups in total. The first-order valence-corrected chi connectivity index (χ1v) is 6.75. The van der Waals surface area contributed by atoms with Gasteiger partial charge in [-0.25, -0.2) is 0 Å². The molecule has 0 aromatic carbocycles. The van der Waals surface area contributed by atoms with E-state index in [9.17, 15) is 0 Å². The Balaban J connectivity index is 1.69. The molecule has 0 spiro atoms. The van der Waals surface area contributed by atoms with Gasteiger partial charge in [-0.1, -0.05) is 13.0 Å². The first-order chi connectivity index (χ1) is 7.40. The number of rotatable bonds is 5. The van der Waals surface area contributed by atoms with Gasteiger partial charge in [0.05, 0.1) is 0 Å². The van der Waals surface area contributed by atoms with E-state index in [1.54, 1.807) is 0 Å². The van der Waals surface area contributed by atoms with E-state index in [0.717, 1.165) is 19.1 Å². The van der Waals surface area contributed by atoms with Gasteiger partial charge >= 0.3 is 0 Å². The predicted octanol–water partition coefficient (Wildman–Crippen LogP) is 2.32. The molecule has 2 rings (SSSR count). The van der Waals surface area contributed by atoms with Crippen LogP contribution in [0, 0.1) is 0 Å². The van der Waals surface area contributed by atoms with Gasteiger partial charge in [-0.3, -0.25) is 4.90 Å². The summed E-state index contributed by atoms with van der Waals surface area (Å²) in [5, 5.41) is 5.71. The van der Waals surface area contributed by atoms with Gasteiger partial charge in [0, 0.05) is 24.0 Å². The van der Waals surface area contributed by atoms with Crippen LogP contribution in [0.15, 0.2) is 17.5 Å². The SMILES string of the molecule is CCN1CCC[C@H]1CNCc1cccs1. The summed E-state index contributed by atoms with van der Waals surface area (Å²) in [6, 6.07) is 5.09. The summed E-state index contributed by atoms with van der Waals surface area (Å²) in [5.41, 5.74) is 0. The highest BCUT2D eigenvalue weighted by atomic mass is 32.1. The van der Waals surface area contributed by atoms with Crippen LogP contribution in [-0.2, 0) is 6.54 Å². The average molecular weight is 224 g/mol. The second-order valence-electron chi connectivity index (χ2n) is 4.13. The van der Waals surface area contributed by atoms with E-state index in [0.29, 0.717) is 0 Å². The molecule has 0 aliphatic carbocycles. The molecule has 84 valence electrons. The van der Waals surface area contributed by atoms with Gasteiger partial charge in [0.15, 0.2) is 0 Å². The van der Waals surface area contributed by atoms with Gasteiger partial charge in [0.25, 0.3) is 0 Å². The highest BCUT2D eigenvalue weighted by Crippen LogP contribution is 2.16. The van der Waals surface area contributed by atoms with Gasteiger partial charge in [0.2, 0.25) is 0 Å². The molecule has 1 saturated heterocycles. The molecule has 0 bridgehead atoms. The Kier molecular flexibility index (Phi) is 4.18. The molecule has 0 amide bonds. The zero-order chi connectivity index (χ0) is 10.5. The van der Waals surface area contributed by atoms with Gasteiger partial charge in [0.1, 0.15) is 0 Å². The molecule has 0 radical (unpaired) electrons. The quantitative estimate of drug-likeness (QED) is 0.826. The molecule has 15 heavy (non-hydrogen) atoms. The fourth-order valence-electron chi connectivity index (χ4n) is 2.32. The third-order valence-corrected chi connectivity index (χ3v) is 4.04. The third-order valence-electron chi connectivity index (χ3n) is 3.16. The number of likely N-dealkylation sites (tertiary alicyclic amines) is 1. The Morgan fingerprint density at radius 1 is 1.60 bits per heavy atom. The largest absolute Gasteiger partial charge is 0.310 e. The second kappa shape index (κ2) is 5.64. The summed E-state index contributed by atoms with van der Waals surface area (Å²) in [6.45, 7) is 6.93. The Morgan fingerprint density at radius 2 is 2.53 bits per heavy atom. The molecule has 2 heterocycles. The molecule has 1 fully saturated rings. The normalized spacial score (nSPS) is 22.3. The van der Waals surface area contributed by atoms with E-state index in [1.807, 2.05) is 11.3 Å². The van der Waals surface area contributed by atoms with Crippen LogP contribution in [0.5, 0.6) is 0 Å². The van der Waals surface area contributed by atoms with E-state index >= 15 is 0 Å². The van der Waals surface area contributed by atoms with E-state index in [4.69, 9.17) is 0 Å². The highest BCUT2D eigenvalue weighted by molar-refractivity contribution is 7.09. The standard InChI is InChI=1S/C12H20N2S/c1-2-14-7-3-5-11(14)9-13-10-12-6-4-8-15-12/h4,6,8,11,13H,2-3,5,7,9-10H2,1H3/t11-/m0/s1. The van der Waals surface area contributed by atoms with Crippen molar-refractivity contribution in [2.45, 2.75) is 32.4 Å². The fourth-order valence-corrected chi connectivity index (χ4v) is 2.99. The molecular formula is C12H20N2S. The maximum atomic E-state index is 3.56. The van der Waals surface area contributed by atoms with Crippen LogP contribution in [0.3, 0.4) is 0 Å². The van der Waals surface area contributed by atoms with Crippen LogP contribution in [0.1, 0.15) is 24.6 Å². The molecule has 0 saturated carbocycles. The van der Waals surface area contributed by atoms with E-state index in [2.05, 4.69) is 34.7 Å². The maximum Gasteiger partial charge on any atom is 0.0300 e. The van der Waals surface area contributed by atoms with Crippen molar-refractivity contribution in [3.05, 3.63) is 22.4 Å². The molecule has 0 unspecified atom stereocenters. The van der Waals surface area contributed by atoms with E-state index in [1.165, 1.54) is 30.8 Å². The maximum absolute atomic E-state index is 3.56. The van der Waals surface area contributed by atoms with Crippen LogP contribution >= 0.6 is 11.3 Å². The summed E-state index contributed by atoms with van der Waals surface area (Å²) < 4.78 is 0. The summed E-state index contributed by atoms with van der Waals surface area (Å²) >= 11 is 1.84. The first kappa shape index (κ1) is 11.1. The van der Waals surface area contributed by atoms with Crippen molar-refractivity contribution in [1.82, 2.24) is 10.2 Å². The van der Waals surface area contributed by atoms with Crippen LogP contribution in [0.2, 0.25) is 0 Å². The minimum absolute atomic E-state index is 0.773. The van der Waals surface area contributed by atoms with E-state index < -0.39 is 0 Å². The van der Waals surface area contributed by atoms with Crippen LogP contribution in [0.25, 0.3) is 0 Å². The number of nitrogens with one attached hydrogen (secondary N) is 1. The fraction of sp³-hybridized carbons (Fsp3) is 0.667. The van der Waals surface area contributed by atoms with Crippen LogP contribution in [-0.4, -0.2) is 30.6 Å². The molecule has 1 aromatic rings. The Bertz CT molecular complexity index is 271. The lowest BCUT2D eigenvalue weighted by atomic mass is 10.2. The third kappa shape index (κ3) is 3.03. The summed E-state index contributed by atoms with van der Waals surface area (Å²) in [4.78, 5) is 4.03. The lowest BCUT2D eigenvalue weighted by Crippen LogP contribution is -2.37. The molecule has 1 atom stereocenters. The minimum Gasteiger partial charge on any atom is -0.310 e. The van der Waals surface area contributed by atoms with E-state index in [-0.39, 0.29) is 0 Å². The van der Waals surface area contributed by atoms with Crippen molar-refractivity contribution < 1.29 is 0 Å². The second-order valence-corrected chi connectivity index (χ2v) is 5.17. The first-order valence-electron chi connectivity index (χ1n) is 5.87. The van der Waals surface area contributed by atoms with Crippen molar-refractivity contribution >= 4 is 11.3 Å². The average Bonchev–Trinajstić information content (AvgIpc) is 2.88. The van der Waals surface area contributed by atoms with Crippen molar-refractivity contribution in [1.29, 1.82) is 0 Å². The lowest BCUT2D eigenvalue weighted by Gasteiger charge is -2.22. The number of thiophene rings is 1. The van der Waals surface area contributed by atoms with Gasteiger partial charge in [-0.15, -0.1) is 11.3 Å². The molecule has 2 nitrogen and oxygen atoms in total. The van der Waals surface area contributed by atoms with Crippen molar-refractivity contribution in [2.75, 3.05) is 19.6 Å². The zero-order valence-corrected chi connectivity index (χ0v) is 10.2. The molecule has 1 aromatic heterocycles. The van der Waals surface area contributed by atoms with Crippen molar-refractivity contribution in [3.8, 4) is 0 Å². The van der Waals surface area contributed by atoms with Crippen LogP contribution < -0.4 is 5.32 Å². The van der Waals surface area contributed by atoms with Crippen LogP contribution in [0.4, 0.5) is 0 Å². The molecule has 1 aliphatic heterocycles. The van der Waals surface area contributed by atoms with Gasteiger partial charge in [-0.05, 0) is 37.4 Å². The molecule has 1 aliphatic rings. The van der Waals surface area contributed by atoms with Crippen molar-refractivity contribution in [3.63, 3.8) is 0 Å². The summed E-state index contributed by atoms with van der Waals surface area (Å²) in [7, 11) is 0. The topological polar surface area (TPSA) is 15.3 Å². The molecule has 3 heteroatoms. The molecular weight excluding hydrogens is 204 g/mol. The highest BCUT2D eigenvalue weighted by Gasteiger charge is 2.21. The number of nitrogens with zero attached hydrogens (tertiary/aromatic N) is 1. The van der Waals surface area contributed by atoms with Gasteiger partial charge in [-0.2, -0.15) is 0 Å². The van der Waals surface area contributed by atoms with Crippen molar-refractivity contribution in [2.24, 2.45) is 0 Å². The monoisotopic (exact) mass is 224 g/mol. The number of hydrogen-bond acceptors (Lipinski definition) is 3. The Labute approximate surface area is 96.3 Å². The number of hydrogen-bond donors (Lipinski definition) is 1.